The molecular formula is C52H80B3BrN2O10. The normalized spacial score (nSPS) is 22.4. The van der Waals surface area contributed by atoms with Crippen LogP contribution in [0.25, 0.3) is 12.2 Å². The van der Waals surface area contributed by atoms with Gasteiger partial charge in [0.1, 0.15) is 11.2 Å². The molecule has 0 aromatic heterocycles. The highest BCUT2D eigenvalue weighted by Crippen LogP contribution is 2.43. The molecule has 2 aromatic carbocycles. The molecule has 2 amide bonds. The molecule has 7 rings (SSSR count). The number of hydrogen-bond donors (Lipinski definition) is 0. The van der Waals surface area contributed by atoms with Crippen LogP contribution in [0.2, 0.25) is 0 Å². The molecule has 0 bridgehead atoms. The molecule has 5 aliphatic heterocycles. The Balaban J connectivity index is 0.000000197. The Labute approximate surface area is 418 Å². The van der Waals surface area contributed by atoms with Crippen molar-refractivity contribution in [3.05, 3.63) is 75.3 Å². The first-order valence-electron chi connectivity index (χ1n) is 24.3. The van der Waals surface area contributed by atoms with Gasteiger partial charge in [-0.3, -0.25) is 0 Å². The summed E-state index contributed by atoms with van der Waals surface area (Å²) >= 11 is 3.48. The van der Waals surface area contributed by atoms with Crippen molar-refractivity contribution in [3.8, 4) is 0 Å². The Morgan fingerprint density at radius 3 is 1.19 bits per heavy atom. The highest BCUT2D eigenvalue weighted by molar-refractivity contribution is 9.10. The second-order valence-electron chi connectivity index (χ2n) is 23.6. The van der Waals surface area contributed by atoms with E-state index in [1.807, 2.05) is 115 Å². The van der Waals surface area contributed by atoms with Crippen molar-refractivity contribution in [1.29, 1.82) is 0 Å². The molecule has 2 aromatic rings. The zero-order chi connectivity index (χ0) is 50.9. The van der Waals surface area contributed by atoms with Crippen molar-refractivity contribution in [2.45, 2.75) is 195 Å². The third-order valence-corrected chi connectivity index (χ3v) is 14.4. The largest absolute Gasteiger partial charge is 0.494 e. The Kier molecular flexibility index (Phi) is 17.2. The topological polar surface area (TPSA) is 114 Å². The fourth-order valence-electron chi connectivity index (χ4n) is 7.74. The third kappa shape index (κ3) is 14.7. The lowest BCUT2D eigenvalue weighted by Gasteiger charge is -2.32. The monoisotopic (exact) mass is 1000 g/mol. The second kappa shape index (κ2) is 20.9. The van der Waals surface area contributed by atoms with Gasteiger partial charge in [-0.15, -0.1) is 0 Å². The van der Waals surface area contributed by atoms with Crippen LogP contribution >= 0.6 is 15.9 Å². The molecule has 0 spiro atoms. The van der Waals surface area contributed by atoms with Crippen LogP contribution in [0, 0.1) is 0 Å². The molecule has 0 radical (unpaired) electrons. The highest BCUT2D eigenvalue weighted by Gasteiger charge is 2.63. The lowest BCUT2D eigenvalue weighted by Crippen LogP contribution is -2.41. The van der Waals surface area contributed by atoms with E-state index in [2.05, 4.69) is 86.1 Å². The van der Waals surface area contributed by atoms with E-state index in [0.29, 0.717) is 13.1 Å². The van der Waals surface area contributed by atoms with Crippen LogP contribution in [-0.4, -0.2) is 114 Å². The van der Waals surface area contributed by atoms with Crippen LogP contribution in [0.15, 0.2) is 64.1 Å². The minimum absolute atomic E-state index is 0.205. The van der Waals surface area contributed by atoms with E-state index in [1.165, 1.54) is 16.7 Å². The number of carbonyl (C=O) groups is 2. The van der Waals surface area contributed by atoms with Gasteiger partial charge in [-0.05, 0) is 179 Å². The van der Waals surface area contributed by atoms with Gasteiger partial charge >= 0.3 is 33.3 Å². The number of carbonyl (C=O) groups excluding carboxylic acids is 2. The van der Waals surface area contributed by atoms with Crippen molar-refractivity contribution in [2.24, 2.45) is 0 Å². The minimum Gasteiger partial charge on any atom is -0.444 e. The number of nitrogens with zero attached hydrogens (tertiary/aromatic N) is 2. The van der Waals surface area contributed by atoms with Gasteiger partial charge in [-0.1, -0.05) is 75.6 Å². The number of halogens is 1. The first-order valence-corrected chi connectivity index (χ1v) is 25.1. The first-order chi connectivity index (χ1) is 31.1. The van der Waals surface area contributed by atoms with E-state index < -0.39 is 25.2 Å². The molecule has 5 aliphatic rings. The van der Waals surface area contributed by atoms with Crippen molar-refractivity contribution >= 4 is 66.9 Å². The molecule has 68 heavy (non-hydrogen) atoms. The maximum absolute atomic E-state index is 12.2. The van der Waals surface area contributed by atoms with Crippen LogP contribution < -0.4 is 5.46 Å². The molecule has 0 N–H and O–H groups in total. The molecule has 0 saturated carbocycles. The van der Waals surface area contributed by atoms with Crippen LogP contribution in [-0.2, 0) is 37.4 Å². The van der Waals surface area contributed by atoms with Crippen LogP contribution in [0.4, 0.5) is 9.59 Å². The summed E-state index contributed by atoms with van der Waals surface area (Å²) in [6.07, 6.45) is 7.55. The number of piperidine rings is 2. The van der Waals surface area contributed by atoms with Gasteiger partial charge in [0, 0.05) is 30.7 Å². The molecule has 16 heteroatoms. The van der Waals surface area contributed by atoms with Gasteiger partial charge in [0.15, 0.2) is 0 Å². The maximum atomic E-state index is 12.2. The smallest absolute Gasteiger partial charge is 0.444 e. The van der Waals surface area contributed by atoms with E-state index in [4.69, 9.17) is 37.4 Å². The fraction of sp³-hybridized carbons (Fsp3) is 0.654. The number of likely N-dealkylation sites (tertiary alicyclic amines) is 2. The molecule has 0 unspecified atom stereocenters. The van der Waals surface area contributed by atoms with Gasteiger partial charge in [-0.25, -0.2) is 9.59 Å². The maximum Gasteiger partial charge on any atom is 0.494 e. The summed E-state index contributed by atoms with van der Waals surface area (Å²) in [6.45, 7) is 38.7. The molecule has 5 saturated heterocycles. The summed E-state index contributed by atoms with van der Waals surface area (Å²) in [5.41, 5.74) is 3.08. The van der Waals surface area contributed by atoms with E-state index in [0.717, 1.165) is 54.3 Å². The summed E-state index contributed by atoms with van der Waals surface area (Å²) < 4.78 is 48.2. The van der Waals surface area contributed by atoms with Gasteiger partial charge in [0.2, 0.25) is 0 Å². The zero-order valence-corrected chi connectivity index (χ0v) is 46.1. The van der Waals surface area contributed by atoms with E-state index >= 15 is 0 Å². The quantitative estimate of drug-likeness (QED) is 0.274. The average Bonchev–Trinajstić information content (AvgIpc) is 3.67. The molecule has 0 atom stereocenters. The molecular weight excluding hydrogens is 925 g/mol. The average molecular weight is 1010 g/mol. The molecule has 374 valence electrons. The van der Waals surface area contributed by atoms with Gasteiger partial charge in [0.25, 0.3) is 0 Å². The summed E-state index contributed by atoms with van der Waals surface area (Å²) in [5.74, 6) is 0. The number of benzene rings is 2. The molecule has 12 nitrogen and oxygen atoms in total. The van der Waals surface area contributed by atoms with Crippen LogP contribution in [0.5, 0.6) is 0 Å². The van der Waals surface area contributed by atoms with E-state index in [9.17, 15) is 9.59 Å². The summed E-state index contributed by atoms with van der Waals surface area (Å²) in [5, 5.41) is 0. The minimum atomic E-state index is -0.476. The first kappa shape index (κ1) is 55.8. The van der Waals surface area contributed by atoms with Gasteiger partial charge in [-0.2, -0.15) is 0 Å². The van der Waals surface area contributed by atoms with Crippen LogP contribution in [0.3, 0.4) is 0 Å². The number of ether oxygens (including phenoxy) is 2. The van der Waals surface area contributed by atoms with E-state index in [-0.39, 0.29) is 52.9 Å². The number of amides is 2. The summed E-state index contributed by atoms with van der Waals surface area (Å²) in [6, 6.07) is 16.6. The SMILES string of the molecule is CC(C)(C)OC(=O)N1CCC(=Cc2cccc(B3OC(C)(C)C(C)(C)O3)c2)CC1.CC(C)(C)OC(=O)N1CCC(=Cc2cccc(Br)c2)CC1.CC1(C)OB(B2OC(C)(C)C(C)(C)O2)OC1(C)C. The van der Waals surface area contributed by atoms with E-state index in [1.54, 1.807) is 9.80 Å². The fourth-order valence-corrected chi connectivity index (χ4v) is 8.15. The lowest BCUT2D eigenvalue weighted by molar-refractivity contribution is 0.00578. The summed E-state index contributed by atoms with van der Waals surface area (Å²) in [4.78, 5) is 27.8. The van der Waals surface area contributed by atoms with Crippen molar-refractivity contribution in [3.63, 3.8) is 0 Å². The summed E-state index contributed by atoms with van der Waals surface area (Å²) in [7, 11) is -1.31. The predicted molar refractivity (Wildman–Crippen MR) is 278 cm³/mol. The van der Waals surface area contributed by atoms with Gasteiger partial charge < -0.3 is 47.2 Å². The zero-order valence-electron chi connectivity index (χ0n) is 44.5. The predicted octanol–water partition coefficient (Wildman–Crippen LogP) is 11.5. The third-order valence-electron chi connectivity index (χ3n) is 13.9. The van der Waals surface area contributed by atoms with Crippen molar-refractivity contribution < 1.29 is 47.0 Å². The Morgan fingerprint density at radius 2 is 0.853 bits per heavy atom. The van der Waals surface area contributed by atoms with Gasteiger partial charge in [0.05, 0.1) is 33.6 Å². The number of hydrogen-bond acceptors (Lipinski definition) is 10. The standard InChI is InChI=1S/C23H34BNO4.C17H22BrNO2.C12H24B2O4/c1-21(2,3)27-20(26)25-13-11-17(12-14-25)15-18-9-8-10-19(16-18)24-28-22(4,5)23(6,7)29-24;1-17(2,3)21-16(20)19-9-7-13(8-10-19)11-14-5-4-6-15(18)12-14;1-9(2)10(3,4)16-13(15-9)14-17-11(5,6)12(7,8)18-14/h8-10,15-16H,11-14H2,1-7H3;4-6,11-12H,7-10H2,1-3H3;1-8H3. The Hall–Kier alpha value is -3.11. The van der Waals surface area contributed by atoms with Crippen LogP contribution in [0.1, 0.15) is 161 Å². The van der Waals surface area contributed by atoms with Crippen molar-refractivity contribution in [2.75, 3.05) is 26.2 Å². The molecule has 5 heterocycles. The highest BCUT2D eigenvalue weighted by atomic mass is 79.9. The molecule has 5 fully saturated rings. The number of rotatable bonds is 4. The lowest BCUT2D eigenvalue weighted by atomic mass is 9.49. The Morgan fingerprint density at radius 1 is 0.529 bits per heavy atom. The second-order valence-corrected chi connectivity index (χ2v) is 24.5. The molecule has 0 aliphatic carbocycles. The van der Waals surface area contributed by atoms with Crippen molar-refractivity contribution in [1.82, 2.24) is 9.80 Å². The Bertz CT molecular complexity index is 2060.